The molecule has 2 N–H and O–H groups in total. The Morgan fingerprint density at radius 3 is 2.50 bits per heavy atom. The van der Waals surface area contributed by atoms with E-state index in [9.17, 15) is 9.59 Å². The maximum absolute atomic E-state index is 12.2. The van der Waals surface area contributed by atoms with Gasteiger partial charge in [0, 0.05) is 25.7 Å². The minimum absolute atomic E-state index is 0.186. The molecule has 2 fully saturated rings. The predicted octanol–water partition coefficient (Wildman–Crippen LogP) is 1.12. The van der Waals surface area contributed by atoms with Gasteiger partial charge in [-0.1, -0.05) is 6.92 Å². The molecule has 0 unspecified atom stereocenters. The van der Waals surface area contributed by atoms with Gasteiger partial charge in [-0.05, 0) is 38.6 Å². The summed E-state index contributed by atoms with van der Waals surface area (Å²) in [5.74, 6) is -0.893. The number of carbonyl (C=O) groups is 2. The number of carbonyl (C=O) groups excluding carboxylic acids is 1. The third-order valence-corrected chi connectivity index (χ3v) is 4.25. The van der Waals surface area contributed by atoms with Crippen LogP contribution in [0.2, 0.25) is 0 Å². The summed E-state index contributed by atoms with van der Waals surface area (Å²) in [7, 11) is 0. The zero-order valence-corrected chi connectivity index (χ0v) is 12.2. The Balaban J connectivity index is 1.79. The van der Waals surface area contributed by atoms with Crippen LogP contribution in [-0.2, 0) is 4.79 Å². The summed E-state index contributed by atoms with van der Waals surface area (Å²) in [6.45, 7) is 5.88. The molecule has 6 heteroatoms. The minimum Gasteiger partial charge on any atom is -0.480 e. The van der Waals surface area contributed by atoms with Crippen molar-refractivity contribution < 1.29 is 14.7 Å². The second-order valence-electron chi connectivity index (χ2n) is 5.76. The lowest BCUT2D eigenvalue weighted by molar-refractivity contribution is -0.141. The van der Waals surface area contributed by atoms with Gasteiger partial charge in [0.2, 0.25) is 0 Å². The number of rotatable bonds is 4. The summed E-state index contributed by atoms with van der Waals surface area (Å²) in [6, 6.07) is -0.662. The van der Waals surface area contributed by atoms with Gasteiger partial charge in [0.05, 0.1) is 0 Å². The Morgan fingerprint density at radius 1 is 1.20 bits per heavy atom. The van der Waals surface area contributed by atoms with E-state index in [-0.39, 0.29) is 12.1 Å². The van der Waals surface area contributed by atoms with Crippen LogP contribution in [-0.4, -0.2) is 65.2 Å². The zero-order chi connectivity index (χ0) is 14.5. The Labute approximate surface area is 120 Å². The molecule has 2 heterocycles. The fourth-order valence-electron chi connectivity index (χ4n) is 3.14. The topological polar surface area (TPSA) is 72.9 Å². The van der Waals surface area contributed by atoms with Crippen molar-refractivity contribution >= 4 is 12.0 Å². The van der Waals surface area contributed by atoms with Crippen LogP contribution in [0.15, 0.2) is 0 Å². The largest absolute Gasteiger partial charge is 0.480 e. The van der Waals surface area contributed by atoms with E-state index in [2.05, 4.69) is 17.1 Å². The van der Waals surface area contributed by atoms with Crippen molar-refractivity contribution in [3.8, 4) is 0 Å². The van der Waals surface area contributed by atoms with Crippen LogP contribution in [0.25, 0.3) is 0 Å². The van der Waals surface area contributed by atoms with E-state index in [0.29, 0.717) is 13.0 Å². The molecule has 0 aromatic rings. The molecule has 0 aromatic heterocycles. The van der Waals surface area contributed by atoms with E-state index in [1.165, 1.54) is 4.90 Å². The predicted molar refractivity (Wildman–Crippen MR) is 75.6 cm³/mol. The quantitative estimate of drug-likeness (QED) is 0.811. The number of piperidine rings is 1. The first-order chi connectivity index (χ1) is 9.61. The standard InChI is InChI=1S/C14H25N3O3/c1-2-7-16-9-5-11(6-10-16)15-14(20)17-8-3-4-12(17)13(18)19/h11-12H,2-10H2,1H3,(H,15,20)(H,18,19)/t12-/m1/s1. The van der Waals surface area contributed by atoms with Crippen molar-refractivity contribution in [3.05, 3.63) is 0 Å². The van der Waals surface area contributed by atoms with Crippen LogP contribution in [0.3, 0.4) is 0 Å². The van der Waals surface area contributed by atoms with Gasteiger partial charge >= 0.3 is 12.0 Å². The normalized spacial score (nSPS) is 24.9. The molecule has 2 aliphatic rings. The number of carboxylic acids is 1. The lowest BCUT2D eigenvalue weighted by atomic mass is 10.1. The van der Waals surface area contributed by atoms with E-state index in [1.54, 1.807) is 0 Å². The van der Waals surface area contributed by atoms with E-state index >= 15 is 0 Å². The Kier molecular flexibility index (Phi) is 5.23. The number of amides is 2. The van der Waals surface area contributed by atoms with E-state index in [0.717, 1.165) is 45.3 Å². The lowest BCUT2D eigenvalue weighted by Crippen LogP contribution is -2.51. The molecular formula is C14H25N3O3. The monoisotopic (exact) mass is 283 g/mol. The molecular weight excluding hydrogens is 258 g/mol. The number of hydrogen-bond donors (Lipinski definition) is 2. The van der Waals surface area contributed by atoms with Gasteiger partial charge in [0.1, 0.15) is 6.04 Å². The highest BCUT2D eigenvalue weighted by Gasteiger charge is 2.34. The molecule has 0 aromatic carbocycles. The fraction of sp³-hybridized carbons (Fsp3) is 0.857. The number of urea groups is 1. The Bertz CT molecular complexity index is 354. The lowest BCUT2D eigenvalue weighted by Gasteiger charge is -2.33. The number of aliphatic carboxylic acids is 1. The first-order valence-electron chi connectivity index (χ1n) is 7.64. The van der Waals surface area contributed by atoms with Crippen LogP contribution >= 0.6 is 0 Å². The molecule has 6 nitrogen and oxygen atoms in total. The third kappa shape index (κ3) is 3.62. The van der Waals surface area contributed by atoms with Crippen LogP contribution in [0, 0.1) is 0 Å². The van der Waals surface area contributed by atoms with Gasteiger partial charge < -0.3 is 20.2 Å². The van der Waals surface area contributed by atoms with Gasteiger partial charge in [-0.2, -0.15) is 0 Å². The molecule has 114 valence electrons. The van der Waals surface area contributed by atoms with Gasteiger partial charge in [-0.25, -0.2) is 9.59 Å². The van der Waals surface area contributed by atoms with E-state index in [4.69, 9.17) is 5.11 Å². The van der Waals surface area contributed by atoms with E-state index < -0.39 is 12.0 Å². The summed E-state index contributed by atoms with van der Waals surface area (Å²) in [6.07, 6.45) is 4.41. The molecule has 0 saturated carbocycles. The summed E-state index contributed by atoms with van der Waals surface area (Å²) >= 11 is 0. The minimum atomic E-state index is -0.893. The number of likely N-dealkylation sites (tertiary alicyclic amines) is 2. The highest BCUT2D eigenvalue weighted by atomic mass is 16.4. The summed E-state index contributed by atoms with van der Waals surface area (Å²) in [4.78, 5) is 27.2. The molecule has 0 aliphatic carbocycles. The maximum Gasteiger partial charge on any atom is 0.326 e. The second kappa shape index (κ2) is 6.92. The first kappa shape index (κ1) is 15.1. The summed E-state index contributed by atoms with van der Waals surface area (Å²) < 4.78 is 0. The number of nitrogens with zero attached hydrogens (tertiary/aromatic N) is 2. The molecule has 2 aliphatic heterocycles. The second-order valence-corrected chi connectivity index (χ2v) is 5.76. The number of hydrogen-bond acceptors (Lipinski definition) is 3. The van der Waals surface area contributed by atoms with Crippen LogP contribution in [0.5, 0.6) is 0 Å². The maximum atomic E-state index is 12.2. The third-order valence-electron chi connectivity index (χ3n) is 4.25. The highest BCUT2D eigenvalue weighted by Crippen LogP contribution is 2.18. The van der Waals surface area contributed by atoms with Crippen molar-refractivity contribution in [1.29, 1.82) is 0 Å². The van der Waals surface area contributed by atoms with Gasteiger partial charge in [0.15, 0.2) is 0 Å². The number of nitrogens with one attached hydrogen (secondary N) is 1. The molecule has 0 bridgehead atoms. The van der Waals surface area contributed by atoms with Crippen molar-refractivity contribution in [3.63, 3.8) is 0 Å². The summed E-state index contributed by atoms with van der Waals surface area (Å²) in [5.41, 5.74) is 0. The molecule has 2 amide bonds. The zero-order valence-electron chi connectivity index (χ0n) is 12.2. The van der Waals surface area contributed by atoms with Gasteiger partial charge in [-0.3, -0.25) is 0 Å². The van der Waals surface area contributed by atoms with Gasteiger partial charge in [0.25, 0.3) is 0 Å². The molecule has 20 heavy (non-hydrogen) atoms. The van der Waals surface area contributed by atoms with Crippen molar-refractivity contribution in [2.45, 2.75) is 51.1 Å². The smallest absolute Gasteiger partial charge is 0.326 e. The number of carboxylic acid groups (broad SMARTS) is 1. The molecule has 1 atom stereocenters. The molecule has 0 spiro atoms. The SMILES string of the molecule is CCCN1CCC(NC(=O)N2CCC[C@@H]2C(=O)O)CC1. The van der Waals surface area contributed by atoms with Crippen LogP contribution in [0.4, 0.5) is 4.79 Å². The van der Waals surface area contributed by atoms with Crippen molar-refractivity contribution in [2.24, 2.45) is 0 Å². The Hall–Kier alpha value is -1.30. The van der Waals surface area contributed by atoms with Crippen molar-refractivity contribution in [2.75, 3.05) is 26.2 Å². The average Bonchev–Trinajstić information content (AvgIpc) is 2.91. The summed E-state index contributed by atoms with van der Waals surface area (Å²) in [5, 5.41) is 12.1. The Morgan fingerprint density at radius 2 is 1.90 bits per heavy atom. The van der Waals surface area contributed by atoms with Crippen molar-refractivity contribution in [1.82, 2.24) is 15.1 Å². The molecule has 2 rings (SSSR count). The first-order valence-corrected chi connectivity index (χ1v) is 7.64. The van der Waals surface area contributed by atoms with Gasteiger partial charge in [-0.15, -0.1) is 0 Å². The molecule has 2 saturated heterocycles. The van der Waals surface area contributed by atoms with Crippen LogP contribution in [0.1, 0.15) is 39.0 Å². The van der Waals surface area contributed by atoms with E-state index in [1.807, 2.05) is 0 Å². The van der Waals surface area contributed by atoms with Crippen LogP contribution < -0.4 is 5.32 Å². The highest BCUT2D eigenvalue weighted by molar-refractivity contribution is 5.83. The average molecular weight is 283 g/mol. The molecule has 0 radical (unpaired) electrons. The fourth-order valence-corrected chi connectivity index (χ4v) is 3.14.